The van der Waals surface area contributed by atoms with Crippen LogP contribution in [0.2, 0.25) is 0 Å². The molecule has 98 valence electrons. The van der Waals surface area contributed by atoms with Crippen molar-refractivity contribution in [3.63, 3.8) is 0 Å². The molecule has 0 spiro atoms. The number of carbonyl (C=O) groups excluding carboxylic acids is 1. The summed E-state index contributed by atoms with van der Waals surface area (Å²) in [5, 5.41) is 9.76. The lowest BCUT2D eigenvalue weighted by molar-refractivity contribution is 0.0601. The van der Waals surface area contributed by atoms with Crippen LogP contribution in [-0.4, -0.2) is 25.3 Å². The van der Waals surface area contributed by atoms with Gasteiger partial charge in [0.25, 0.3) is 0 Å². The number of esters is 1. The van der Waals surface area contributed by atoms with Gasteiger partial charge in [-0.05, 0) is 35.4 Å². The maximum absolute atomic E-state index is 11.5. The van der Waals surface area contributed by atoms with Crippen molar-refractivity contribution in [3.05, 3.63) is 48.0 Å². The third-order valence-corrected chi connectivity index (χ3v) is 2.80. The monoisotopic (exact) mass is 258 g/mol. The molecule has 0 aromatic heterocycles. The van der Waals surface area contributed by atoms with Gasteiger partial charge in [0.2, 0.25) is 0 Å². The average Bonchev–Trinajstić information content (AvgIpc) is 2.46. The Balaban J connectivity index is 2.41. The Labute approximate surface area is 111 Å². The summed E-state index contributed by atoms with van der Waals surface area (Å²) >= 11 is 0. The van der Waals surface area contributed by atoms with Gasteiger partial charge in [-0.1, -0.05) is 18.2 Å². The molecule has 0 amide bonds. The Kier molecular flexibility index (Phi) is 3.71. The van der Waals surface area contributed by atoms with Crippen molar-refractivity contribution in [1.82, 2.24) is 0 Å². The van der Waals surface area contributed by atoms with Gasteiger partial charge >= 0.3 is 5.97 Å². The molecule has 0 saturated carbocycles. The Morgan fingerprint density at radius 1 is 1.05 bits per heavy atom. The molecule has 0 bridgehead atoms. The molecular weight excluding hydrogens is 244 g/mol. The number of rotatable bonds is 3. The van der Waals surface area contributed by atoms with Crippen molar-refractivity contribution >= 4 is 5.97 Å². The van der Waals surface area contributed by atoms with Gasteiger partial charge in [0.1, 0.15) is 0 Å². The number of aromatic hydroxyl groups is 1. The van der Waals surface area contributed by atoms with Crippen LogP contribution < -0.4 is 4.74 Å². The lowest BCUT2D eigenvalue weighted by Gasteiger charge is -2.07. The quantitative estimate of drug-likeness (QED) is 0.860. The number of methoxy groups -OCH3 is 2. The van der Waals surface area contributed by atoms with E-state index in [1.165, 1.54) is 14.2 Å². The maximum atomic E-state index is 11.5. The molecule has 0 radical (unpaired) electrons. The summed E-state index contributed by atoms with van der Waals surface area (Å²) in [5.74, 6) is 0.0796. The predicted octanol–water partition coefficient (Wildman–Crippen LogP) is 2.85. The van der Waals surface area contributed by atoms with E-state index in [0.29, 0.717) is 11.3 Å². The van der Waals surface area contributed by atoms with Crippen LogP contribution in [0.1, 0.15) is 10.4 Å². The van der Waals surface area contributed by atoms with Gasteiger partial charge in [0.05, 0.1) is 19.8 Å². The van der Waals surface area contributed by atoms with Gasteiger partial charge in [0.15, 0.2) is 11.5 Å². The number of hydrogen-bond donors (Lipinski definition) is 1. The Morgan fingerprint density at radius 3 is 2.42 bits per heavy atom. The van der Waals surface area contributed by atoms with E-state index >= 15 is 0 Å². The molecule has 19 heavy (non-hydrogen) atoms. The van der Waals surface area contributed by atoms with Crippen LogP contribution in [-0.2, 0) is 4.74 Å². The van der Waals surface area contributed by atoms with Crippen molar-refractivity contribution < 1.29 is 19.4 Å². The van der Waals surface area contributed by atoms with Crippen molar-refractivity contribution in [2.75, 3.05) is 14.2 Å². The largest absolute Gasteiger partial charge is 0.504 e. The lowest BCUT2D eigenvalue weighted by Crippen LogP contribution is -2.00. The number of benzene rings is 2. The highest BCUT2D eigenvalue weighted by Crippen LogP contribution is 2.31. The van der Waals surface area contributed by atoms with Crippen LogP contribution in [0.3, 0.4) is 0 Å². The van der Waals surface area contributed by atoms with Gasteiger partial charge in [-0.25, -0.2) is 4.79 Å². The lowest BCUT2D eigenvalue weighted by atomic mass is 10.0. The van der Waals surface area contributed by atoms with Crippen molar-refractivity contribution in [2.45, 2.75) is 0 Å². The zero-order chi connectivity index (χ0) is 13.8. The first-order valence-electron chi connectivity index (χ1n) is 5.71. The number of phenolic OH excluding ortho intramolecular Hbond substituents is 1. The molecule has 0 unspecified atom stereocenters. The number of ether oxygens (including phenoxy) is 2. The van der Waals surface area contributed by atoms with Gasteiger partial charge in [-0.2, -0.15) is 0 Å². The van der Waals surface area contributed by atoms with E-state index in [1.807, 2.05) is 12.1 Å². The van der Waals surface area contributed by atoms with Crippen LogP contribution in [0.5, 0.6) is 11.5 Å². The molecular formula is C15H14O4. The van der Waals surface area contributed by atoms with Crippen LogP contribution in [0.4, 0.5) is 0 Å². The third kappa shape index (κ3) is 2.68. The van der Waals surface area contributed by atoms with E-state index < -0.39 is 0 Å². The molecule has 2 aromatic rings. The zero-order valence-electron chi connectivity index (χ0n) is 10.7. The van der Waals surface area contributed by atoms with Gasteiger partial charge < -0.3 is 14.6 Å². The summed E-state index contributed by atoms with van der Waals surface area (Å²) in [4.78, 5) is 11.5. The minimum absolute atomic E-state index is 0.0588. The molecule has 2 rings (SSSR count). The van der Waals surface area contributed by atoms with Crippen molar-refractivity contribution in [1.29, 1.82) is 0 Å². The topological polar surface area (TPSA) is 55.8 Å². The second-order valence-corrected chi connectivity index (χ2v) is 3.96. The molecule has 0 aliphatic carbocycles. The minimum atomic E-state index is -0.389. The molecule has 4 heteroatoms. The van der Waals surface area contributed by atoms with Gasteiger partial charge in [0, 0.05) is 0 Å². The molecule has 0 aliphatic heterocycles. The zero-order valence-corrected chi connectivity index (χ0v) is 10.7. The van der Waals surface area contributed by atoms with E-state index in [4.69, 9.17) is 4.74 Å². The predicted molar refractivity (Wildman–Crippen MR) is 71.4 cm³/mol. The molecule has 2 aromatic carbocycles. The molecule has 0 fully saturated rings. The van der Waals surface area contributed by atoms with E-state index in [0.717, 1.165) is 11.1 Å². The van der Waals surface area contributed by atoms with Crippen molar-refractivity contribution in [3.8, 4) is 22.6 Å². The van der Waals surface area contributed by atoms with Crippen LogP contribution in [0.15, 0.2) is 42.5 Å². The Bertz CT molecular complexity index is 605. The average molecular weight is 258 g/mol. The maximum Gasteiger partial charge on any atom is 0.337 e. The SMILES string of the molecule is COC(=O)c1cccc(-c2ccc(OC)c(O)c2)c1. The molecule has 4 nitrogen and oxygen atoms in total. The molecule has 0 saturated heterocycles. The van der Waals surface area contributed by atoms with Crippen LogP contribution in [0, 0.1) is 0 Å². The summed E-state index contributed by atoms with van der Waals surface area (Å²) < 4.78 is 9.67. The third-order valence-electron chi connectivity index (χ3n) is 2.80. The van der Waals surface area contributed by atoms with Gasteiger partial charge in [-0.3, -0.25) is 0 Å². The first-order chi connectivity index (χ1) is 9.15. The number of hydrogen-bond acceptors (Lipinski definition) is 4. The van der Waals surface area contributed by atoms with Crippen LogP contribution >= 0.6 is 0 Å². The van der Waals surface area contributed by atoms with Crippen LogP contribution in [0.25, 0.3) is 11.1 Å². The van der Waals surface area contributed by atoms with Gasteiger partial charge in [-0.15, -0.1) is 0 Å². The summed E-state index contributed by atoms with van der Waals surface area (Å²) in [6, 6.07) is 12.1. The minimum Gasteiger partial charge on any atom is -0.504 e. The van der Waals surface area contributed by atoms with E-state index in [-0.39, 0.29) is 11.7 Å². The number of phenols is 1. The first kappa shape index (κ1) is 13.0. The first-order valence-corrected chi connectivity index (χ1v) is 5.71. The van der Waals surface area contributed by atoms with Crippen molar-refractivity contribution in [2.24, 2.45) is 0 Å². The van der Waals surface area contributed by atoms with E-state index in [1.54, 1.807) is 30.3 Å². The highest BCUT2D eigenvalue weighted by atomic mass is 16.5. The summed E-state index contributed by atoms with van der Waals surface area (Å²) in [6.07, 6.45) is 0. The normalized spacial score (nSPS) is 10.0. The van der Waals surface area contributed by atoms with E-state index in [9.17, 15) is 9.90 Å². The molecule has 1 N–H and O–H groups in total. The summed E-state index contributed by atoms with van der Waals surface area (Å²) in [6.45, 7) is 0. The molecule has 0 aliphatic rings. The highest BCUT2D eigenvalue weighted by Gasteiger charge is 2.08. The van der Waals surface area contributed by atoms with E-state index in [2.05, 4.69) is 4.74 Å². The summed E-state index contributed by atoms with van der Waals surface area (Å²) in [7, 11) is 2.83. The molecule has 0 atom stereocenters. The fourth-order valence-electron chi connectivity index (χ4n) is 1.81. The number of carbonyl (C=O) groups is 1. The Morgan fingerprint density at radius 2 is 1.79 bits per heavy atom. The summed E-state index contributed by atoms with van der Waals surface area (Å²) in [5.41, 5.74) is 2.08. The second kappa shape index (κ2) is 5.44. The molecule has 0 heterocycles. The second-order valence-electron chi connectivity index (χ2n) is 3.96. The highest BCUT2D eigenvalue weighted by molar-refractivity contribution is 5.91. The smallest absolute Gasteiger partial charge is 0.337 e. The Hall–Kier alpha value is -2.49. The standard InChI is InChI=1S/C15H14O4/c1-18-14-7-6-11(9-13(14)16)10-4-3-5-12(8-10)15(17)19-2/h3-9,16H,1-2H3. The fourth-order valence-corrected chi connectivity index (χ4v) is 1.81. The fraction of sp³-hybridized carbons (Fsp3) is 0.133.